The lowest BCUT2D eigenvalue weighted by Crippen LogP contribution is -2.10. The number of nitro groups is 1. The van der Waals surface area contributed by atoms with Gasteiger partial charge in [-0.3, -0.25) is 10.1 Å². The quantitative estimate of drug-likeness (QED) is 0.387. The molecule has 1 aromatic carbocycles. The second kappa shape index (κ2) is 6.07. The third kappa shape index (κ3) is 3.83. The van der Waals surface area contributed by atoms with E-state index >= 15 is 0 Å². The van der Waals surface area contributed by atoms with Gasteiger partial charge >= 0.3 is 14.4 Å². The highest BCUT2D eigenvalue weighted by atomic mass is 31.1. The average molecular weight is 317 g/mol. The fourth-order valence-electron chi connectivity index (χ4n) is 1.14. The van der Waals surface area contributed by atoms with Crippen LogP contribution in [-0.2, 0) is 19.9 Å². The molecule has 12 heteroatoms. The highest BCUT2D eigenvalue weighted by Gasteiger charge is 2.37. The van der Waals surface area contributed by atoms with Gasteiger partial charge in [0.05, 0.1) is 17.6 Å². The molecule has 0 fully saturated rings. The summed E-state index contributed by atoms with van der Waals surface area (Å²) in [6, 6.07) is 0.209. The van der Waals surface area contributed by atoms with Crippen LogP contribution in [0, 0.1) is 15.9 Å². The number of halogens is 4. The van der Waals surface area contributed by atoms with Crippen molar-refractivity contribution in [1.29, 1.82) is 0 Å². The van der Waals surface area contributed by atoms with Gasteiger partial charge in [-0.25, -0.2) is 9.87 Å². The third-order valence-corrected chi connectivity index (χ3v) is 2.51. The minimum atomic E-state index is -5.09. The molecule has 20 heavy (non-hydrogen) atoms. The average Bonchev–Trinajstić information content (AvgIpc) is 2.33. The maximum absolute atomic E-state index is 13.3. The second-order valence-corrected chi connectivity index (χ2v) is 4.20. The van der Waals surface area contributed by atoms with Gasteiger partial charge in [-0.15, -0.1) is 4.52 Å². The first-order chi connectivity index (χ1) is 9.16. The first kappa shape index (κ1) is 16.2. The number of rotatable bonds is 5. The molecule has 0 radical (unpaired) electrons. The predicted molar refractivity (Wildman–Crippen MR) is 57.4 cm³/mol. The summed E-state index contributed by atoms with van der Waals surface area (Å²) < 4.78 is 69.7. The van der Waals surface area contributed by atoms with Crippen LogP contribution in [0.3, 0.4) is 0 Å². The van der Waals surface area contributed by atoms with Crippen molar-refractivity contribution in [2.45, 2.75) is 6.18 Å². The highest BCUT2D eigenvalue weighted by molar-refractivity contribution is 7.33. The Balaban J connectivity index is 3.21. The zero-order chi connectivity index (χ0) is 15.5. The molecule has 0 bridgehead atoms. The highest BCUT2D eigenvalue weighted by Crippen LogP contribution is 2.38. The largest absolute Gasteiger partial charge is 0.721 e. The maximum atomic E-state index is 13.3. The van der Waals surface area contributed by atoms with Crippen LogP contribution in [-0.4, -0.2) is 12.0 Å². The molecule has 7 nitrogen and oxygen atoms in total. The fourth-order valence-corrected chi connectivity index (χ4v) is 1.38. The van der Waals surface area contributed by atoms with Crippen LogP contribution in [0.1, 0.15) is 5.56 Å². The molecule has 110 valence electrons. The van der Waals surface area contributed by atoms with E-state index in [1.165, 1.54) is 0 Å². The summed E-state index contributed by atoms with van der Waals surface area (Å²) in [6.07, 6.45) is -5.09. The van der Waals surface area contributed by atoms with Crippen LogP contribution in [0.4, 0.5) is 28.9 Å². The zero-order valence-electron chi connectivity index (χ0n) is 9.60. The van der Waals surface area contributed by atoms with Gasteiger partial charge in [-0.2, -0.15) is 13.2 Å². The molecule has 1 aromatic rings. The summed E-state index contributed by atoms with van der Waals surface area (Å²) in [5, 5.41) is 10.6. The molecule has 1 atom stereocenters. The Morgan fingerprint density at radius 2 is 2.00 bits per heavy atom. The molecular formula is C8H6F4N2O5P+. The Bertz CT molecular complexity index is 550. The number of nitrogens with one attached hydrogen (secondary N) is 1. The van der Waals surface area contributed by atoms with E-state index < -0.39 is 42.1 Å². The third-order valence-electron chi connectivity index (χ3n) is 1.97. The molecular weight excluding hydrogens is 311 g/mol. The van der Waals surface area contributed by atoms with Crippen LogP contribution < -0.4 is 5.48 Å². The summed E-state index contributed by atoms with van der Waals surface area (Å²) in [5.74, 6) is -1.75. The lowest BCUT2D eigenvalue weighted by atomic mass is 10.1. The number of alkyl halides is 3. The van der Waals surface area contributed by atoms with E-state index in [4.69, 9.17) is 0 Å². The van der Waals surface area contributed by atoms with Gasteiger partial charge in [0, 0.05) is 21.3 Å². The number of hydrogen-bond acceptors (Lipinski definition) is 6. The van der Waals surface area contributed by atoms with E-state index in [0.29, 0.717) is 0 Å². The zero-order valence-corrected chi connectivity index (χ0v) is 10.5. The number of nitro benzene ring substituents is 1. The van der Waals surface area contributed by atoms with Crippen molar-refractivity contribution < 1.29 is 36.2 Å². The van der Waals surface area contributed by atoms with Gasteiger partial charge in [-0.1, -0.05) is 0 Å². The van der Waals surface area contributed by atoms with E-state index in [2.05, 4.69) is 9.15 Å². The molecule has 1 rings (SSSR count). The maximum Gasteiger partial charge on any atom is 0.721 e. The Hall–Kier alpha value is -1.84. The number of hydrogen-bond donors (Lipinski definition) is 1. The van der Waals surface area contributed by atoms with Crippen molar-refractivity contribution in [2.75, 3.05) is 12.6 Å². The molecule has 0 aliphatic carbocycles. The predicted octanol–water partition coefficient (Wildman–Crippen LogP) is 3.40. The van der Waals surface area contributed by atoms with E-state index in [9.17, 15) is 32.2 Å². The number of nitrogens with zero attached hydrogens (tertiary/aromatic N) is 1. The molecule has 1 unspecified atom stereocenters. The van der Waals surface area contributed by atoms with Crippen molar-refractivity contribution in [3.63, 3.8) is 0 Å². The smallest absolute Gasteiger partial charge is 0.258 e. The summed E-state index contributed by atoms with van der Waals surface area (Å²) >= 11 is 0. The lowest BCUT2D eigenvalue weighted by Gasteiger charge is -2.09. The van der Waals surface area contributed by atoms with Gasteiger partial charge in [0.2, 0.25) is 0 Å². The van der Waals surface area contributed by atoms with Crippen molar-refractivity contribution >= 4 is 19.6 Å². The number of benzene rings is 1. The summed E-state index contributed by atoms with van der Waals surface area (Å²) in [5.41, 5.74) is -1.93. The van der Waals surface area contributed by atoms with E-state index in [1.54, 1.807) is 5.48 Å². The molecule has 0 aromatic heterocycles. The molecule has 0 saturated carbocycles. The molecule has 0 heterocycles. The SMILES string of the molecule is CO[P+](=O)ONc1cc(F)c(C(F)(F)F)cc1[N+](=O)[O-]. The van der Waals surface area contributed by atoms with E-state index in [1.807, 2.05) is 0 Å². The molecule has 0 spiro atoms. The molecule has 0 aliphatic rings. The minimum Gasteiger partial charge on any atom is -0.258 e. The summed E-state index contributed by atoms with van der Waals surface area (Å²) in [6.45, 7) is 0. The van der Waals surface area contributed by atoms with Crippen molar-refractivity contribution in [3.05, 3.63) is 33.6 Å². The Labute approximate surface area is 109 Å². The summed E-state index contributed by atoms with van der Waals surface area (Å²) in [7, 11) is -1.71. The monoisotopic (exact) mass is 317 g/mol. The van der Waals surface area contributed by atoms with Gasteiger partial charge in [0.1, 0.15) is 11.5 Å². The molecule has 0 amide bonds. The fraction of sp³-hybridized carbons (Fsp3) is 0.250. The van der Waals surface area contributed by atoms with Gasteiger partial charge in [0.15, 0.2) is 0 Å². The minimum absolute atomic E-state index is 0.000891. The first-order valence-corrected chi connectivity index (χ1v) is 5.75. The Morgan fingerprint density at radius 3 is 2.45 bits per heavy atom. The molecule has 0 saturated heterocycles. The van der Waals surface area contributed by atoms with Crippen LogP contribution in [0.5, 0.6) is 0 Å². The lowest BCUT2D eigenvalue weighted by molar-refractivity contribution is -0.384. The molecule has 1 N–H and O–H groups in total. The second-order valence-electron chi connectivity index (χ2n) is 3.20. The first-order valence-electron chi connectivity index (χ1n) is 4.66. The van der Waals surface area contributed by atoms with Gasteiger partial charge in [-0.05, 0) is 0 Å². The topological polar surface area (TPSA) is 90.7 Å². The standard InChI is InChI=1S/C8H6F4N2O5P/c1-18-20(17)19-13-6-3-5(9)4(8(10,11)12)2-7(6)14(15)16/h2-3,13H,1H3/q+1. The summed E-state index contributed by atoms with van der Waals surface area (Å²) in [4.78, 5) is 9.46. The van der Waals surface area contributed by atoms with Gasteiger partial charge < -0.3 is 0 Å². The van der Waals surface area contributed by atoms with Crippen LogP contribution >= 0.6 is 8.25 Å². The number of anilines is 1. The van der Waals surface area contributed by atoms with Crippen LogP contribution in [0.2, 0.25) is 0 Å². The Morgan fingerprint density at radius 1 is 1.40 bits per heavy atom. The van der Waals surface area contributed by atoms with E-state index in [0.717, 1.165) is 7.11 Å². The van der Waals surface area contributed by atoms with E-state index in [-0.39, 0.29) is 12.1 Å². The normalized spacial score (nSPS) is 12.2. The van der Waals surface area contributed by atoms with Gasteiger partial charge in [0.25, 0.3) is 5.69 Å². The molecule has 0 aliphatic heterocycles. The van der Waals surface area contributed by atoms with Crippen molar-refractivity contribution in [1.82, 2.24) is 0 Å². The van der Waals surface area contributed by atoms with Crippen LogP contribution in [0.15, 0.2) is 12.1 Å². The van der Waals surface area contributed by atoms with Crippen molar-refractivity contribution in [2.24, 2.45) is 0 Å². The van der Waals surface area contributed by atoms with Crippen LogP contribution in [0.25, 0.3) is 0 Å². The van der Waals surface area contributed by atoms with Crippen molar-refractivity contribution in [3.8, 4) is 0 Å². The Kier molecular flexibility index (Phi) is 4.93.